The monoisotopic (exact) mass is 296 g/mol. The van der Waals surface area contributed by atoms with E-state index in [1.54, 1.807) is 24.3 Å². The average molecular weight is 296 g/mol. The van der Waals surface area contributed by atoms with Crippen molar-refractivity contribution in [3.8, 4) is 0 Å². The predicted octanol–water partition coefficient (Wildman–Crippen LogP) is 1.67. The molecule has 0 saturated carbocycles. The van der Waals surface area contributed by atoms with Crippen LogP contribution in [0, 0.1) is 0 Å². The number of hydrogen-bond acceptors (Lipinski definition) is 3. The Labute approximate surface area is 121 Å². The topological polar surface area (TPSA) is 75.3 Å². The second-order valence-corrected chi connectivity index (χ2v) is 5.72. The number of hydrogen-bond donors (Lipinski definition) is 2. The standard InChI is InChI=1S/C14H20N2O3S/c1-3-6-13(17)16-11-7-5-8-12(9-11)20(19)10-14(18)15-4-2/h5,7-9H,3-4,6,10H2,1-2H3,(H,15,18)(H,16,17)/t20-/m0/s1. The second kappa shape index (κ2) is 8.47. The smallest absolute Gasteiger partial charge is 0.232 e. The van der Waals surface area contributed by atoms with Crippen molar-refractivity contribution in [1.82, 2.24) is 5.32 Å². The molecule has 0 spiro atoms. The van der Waals surface area contributed by atoms with Crippen LogP contribution in [0.15, 0.2) is 29.2 Å². The molecule has 0 aliphatic heterocycles. The minimum atomic E-state index is -1.41. The summed E-state index contributed by atoms with van der Waals surface area (Å²) in [5, 5.41) is 5.35. The molecular formula is C14H20N2O3S. The molecule has 1 aromatic carbocycles. The van der Waals surface area contributed by atoms with Crippen molar-refractivity contribution in [3.63, 3.8) is 0 Å². The Bertz CT molecular complexity index is 503. The molecule has 1 aromatic rings. The zero-order valence-corrected chi connectivity index (χ0v) is 12.6. The molecule has 110 valence electrons. The Morgan fingerprint density at radius 2 is 1.95 bits per heavy atom. The first-order valence-electron chi connectivity index (χ1n) is 6.61. The van der Waals surface area contributed by atoms with Crippen molar-refractivity contribution >= 4 is 28.3 Å². The summed E-state index contributed by atoms with van der Waals surface area (Å²) in [5.41, 5.74) is 0.602. The molecule has 1 atom stereocenters. The molecular weight excluding hydrogens is 276 g/mol. The summed E-state index contributed by atoms with van der Waals surface area (Å²) in [7, 11) is -1.41. The Balaban J connectivity index is 2.69. The highest BCUT2D eigenvalue weighted by Gasteiger charge is 2.10. The highest BCUT2D eigenvalue weighted by Crippen LogP contribution is 2.14. The number of benzene rings is 1. The molecule has 0 bridgehead atoms. The van der Waals surface area contributed by atoms with Gasteiger partial charge >= 0.3 is 0 Å². The van der Waals surface area contributed by atoms with Crippen molar-refractivity contribution in [1.29, 1.82) is 0 Å². The SMILES string of the molecule is CCCC(=O)Nc1cccc([S@@](=O)CC(=O)NCC)c1. The van der Waals surface area contributed by atoms with Gasteiger partial charge < -0.3 is 10.6 Å². The van der Waals surface area contributed by atoms with E-state index in [9.17, 15) is 13.8 Å². The molecule has 5 nitrogen and oxygen atoms in total. The van der Waals surface area contributed by atoms with Gasteiger partial charge in [0.1, 0.15) is 5.75 Å². The van der Waals surface area contributed by atoms with Crippen LogP contribution < -0.4 is 10.6 Å². The van der Waals surface area contributed by atoms with Gasteiger partial charge in [-0.1, -0.05) is 13.0 Å². The van der Waals surface area contributed by atoms with Crippen LogP contribution >= 0.6 is 0 Å². The number of nitrogens with one attached hydrogen (secondary N) is 2. The van der Waals surface area contributed by atoms with Gasteiger partial charge in [-0.05, 0) is 31.5 Å². The fraction of sp³-hybridized carbons (Fsp3) is 0.429. The first-order valence-corrected chi connectivity index (χ1v) is 7.93. The third kappa shape index (κ3) is 5.52. The lowest BCUT2D eigenvalue weighted by Crippen LogP contribution is -2.27. The molecule has 0 aliphatic rings. The fourth-order valence-corrected chi connectivity index (χ4v) is 2.61. The van der Waals surface area contributed by atoms with Crippen molar-refractivity contribution in [2.24, 2.45) is 0 Å². The Morgan fingerprint density at radius 3 is 2.60 bits per heavy atom. The van der Waals surface area contributed by atoms with Gasteiger partial charge in [0, 0.05) is 23.5 Å². The molecule has 0 fully saturated rings. The number of rotatable bonds is 7. The van der Waals surface area contributed by atoms with Gasteiger partial charge in [-0.2, -0.15) is 0 Å². The van der Waals surface area contributed by atoms with Crippen LogP contribution in [0.4, 0.5) is 5.69 Å². The van der Waals surface area contributed by atoms with E-state index >= 15 is 0 Å². The van der Waals surface area contributed by atoms with Crippen LogP contribution in [0.5, 0.6) is 0 Å². The first kappa shape index (κ1) is 16.4. The number of carbonyl (C=O) groups is 2. The summed E-state index contributed by atoms with van der Waals surface area (Å²) < 4.78 is 12.0. The van der Waals surface area contributed by atoms with E-state index < -0.39 is 10.8 Å². The fourth-order valence-electron chi connectivity index (χ4n) is 1.62. The average Bonchev–Trinajstić information content (AvgIpc) is 2.39. The van der Waals surface area contributed by atoms with Gasteiger partial charge in [-0.15, -0.1) is 0 Å². The summed E-state index contributed by atoms with van der Waals surface area (Å²) in [6.07, 6.45) is 1.22. The van der Waals surface area contributed by atoms with Crippen LogP contribution in [0.1, 0.15) is 26.7 Å². The van der Waals surface area contributed by atoms with Crippen molar-refractivity contribution in [2.45, 2.75) is 31.6 Å². The van der Waals surface area contributed by atoms with E-state index in [2.05, 4.69) is 10.6 Å². The Morgan fingerprint density at radius 1 is 1.20 bits per heavy atom. The summed E-state index contributed by atoms with van der Waals surface area (Å²) in [6.45, 7) is 4.26. The van der Waals surface area contributed by atoms with Crippen LogP contribution in [0.25, 0.3) is 0 Å². The molecule has 6 heteroatoms. The van der Waals surface area contributed by atoms with E-state index in [0.717, 1.165) is 6.42 Å². The lowest BCUT2D eigenvalue weighted by molar-refractivity contribution is -0.118. The maximum Gasteiger partial charge on any atom is 0.232 e. The van der Waals surface area contributed by atoms with Gasteiger partial charge in [0.2, 0.25) is 11.8 Å². The number of carbonyl (C=O) groups excluding carboxylic acids is 2. The lowest BCUT2D eigenvalue weighted by Gasteiger charge is -2.07. The second-order valence-electron chi connectivity index (χ2n) is 4.27. The van der Waals surface area contributed by atoms with E-state index in [1.165, 1.54) is 0 Å². The van der Waals surface area contributed by atoms with E-state index in [0.29, 0.717) is 23.5 Å². The van der Waals surface area contributed by atoms with Crippen molar-refractivity contribution in [3.05, 3.63) is 24.3 Å². The molecule has 2 amide bonds. The summed E-state index contributed by atoms with van der Waals surface area (Å²) >= 11 is 0. The largest absolute Gasteiger partial charge is 0.356 e. The van der Waals surface area contributed by atoms with Crippen LogP contribution in [0.2, 0.25) is 0 Å². The zero-order valence-electron chi connectivity index (χ0n) is 11.8. The quantitative estimate of drug-likeness (QED) is 0.803. The van der Waals surface area contributed by atoms with Crippen LogP contribution in [-0.2, 0) is 20.4 Å². The Kier molecular flexibility index (Phi) is 6.93. The van der Waals surface area contributed by atoms with E-state index in [-0.39, 0.29) is 17.6 Å². The molecule has 0 saturated heterocycles. The molecule has 20 heavy (non-hydrogen) atoms. The lowest BCUT2D eigenvalue weighted by atomic mass is 10.3. The Hall–Kier alpha value is -1.69. The van der Waals surface area contributed by atoms with E-state index in [4.69, 9.17) is 0 Å². The zero-order chi connectivity index (χ0) is 15.0. The molecule has 0 unspecified atom stereocenters. The molecule has 2 N–H and O–H groups in total. The summed E-state index contributed by atoms with van der Waals surface area (Å²) in [6, 6.07) is 6.78. The third-order valence-electron chi connectivity index (χ3n) is 2.49. The van der Waals surface area contributed by atoms with Gasteiger partial charge in [-0.25, -0.2) is 0 Å². The van der Waals surface area contributed by atoms with Crippen molar-refractivity contribution in [2.75, 3.05) is 17.6 Å². The predicted molar refractivity (Wildman–Crippen MR) is 79.9 cm³/mol. The number of anilines is 1. The van der Waals surface area contributed by atoms with Crippen molar-refractivity contribution < 1.29 is 13.8 Å². The molecule has 0 aliphatic carbocycles. The third-order valence-corrected chi connectivity index (χ3v) is 3.80. The normalized spacial score (nSPS) is 11.7. The minimum Gasteiger partial charge on any atom is -0.356 e. The highest BCUT2D eigenvalue weighted by molar-refractivity contribution is 7.85. The molecule has 1 rings (SSSR count). The van der Waals surface area contributed by atoms with Gasteiger partial charge in [0.05, 0.1) is 10.8 Å². The van der Waals surface area contributed by atoms with E-state index in [1.807, 2.05) is 13.8 Å². The van der Waals surface area contributed by atoms with Gasteiger partial charge in [0.15, 0.2) is 0 Å². The van der Waals surface area contributed by atoms with Crippen LogP contribution in [-0.4, -0.2) is 28.3 Å². The van der Waals surface area contributed by atoms with Crippen LogP contribution in [0.3, 0.4) is 0 Å². The van der Waals surface area contributed by atoms with Gasteiger partial charge in [-0.3, -0.25) is 13.8 Å². The summed E-state index contributed by atoms with van der Waals surface area (Å²) in [5.74, 6) is -0.384. The molecule has 0 aromatic heterocycles. The maximum atomic E-state index is 12.0. The maximum absolute atomic E-state index is 12.0. The molecule has 0 heterocycles. The highest BCUT2D eigenvalue weighted by atomic mass is 32.2. The first-order chi connectivity index (χ1) is 9.56. The summed E-state index contributed by atoms with van der Waals surface area (Å²) in [4.78, 5) is 23.4. The number of amides is 2. The molecule has 0 radical (unpaired) electrons. The van der Waals surface area contributed by atoms with Gasteiger partial charge in [0.25, 0.3) is 0 Å². The minimum absolute atomic E-state index is 0.0692.